The van der Waals surface area contributed by atoms with Gasteiger partial charge < -0.3 is 9.94 Å². The van der Waals surface area contributed by atoms with E-state index in [0.717, 1.165) is 23.4 Å². The van der Waals surface area contributed by atoms with E-state index < -0.39 is 5.54 Å². The summed E-state index contributed by atoms with van der Waals surface area (Å²) in [5, 5.41) is 12.8. The molecule has 0 saturated heterocycles. The van der Waals surface area contributed by atoms with Crippen LogP contribution in [0.5, 0.6) is 5.75 Å². The normalized spacial score (nSPS) is 20.2. The maximum atomic E-state index is 12.8. The first-order chi connectivity index (χ1) is 10.5. The van der Waals surface area contributed by atoms with E-state index in [9.17, 15) is 5.21 Å². The molecule has 3 heteroatoms. The minimum atomic E-state index is -0.448. The van der Waals surface area contributed by atoms with Crippen molar-refractivity contribution in [3.05, 3.63) is 70.9 Å². The van der Waals surface area contributed by atoms with Gasteiger partial charge in [0, 0.05) is 25.8 Å². The number of methoxy groups -OCH3 is 1. The van der Waals surface area contributed by atoms with Crippen LogP contribution >= 0.6 is 0 Å². The van der Waals surface area contributed by atoms with E-state index in [1.165, 1.54) is 10.3 Å². The molecule has 0 saturated carbocycles. The second kappa shape index (κ2) is 5.48. The number of benzene rings is 2. The molecule has 2 aromatic rings. The van der Waals surface area contributed by atoms with E-state index >= 15 is 0 Å². The minimum absolute atomic E-state index is 0.198. The maximum Gasteiger partial charge on any atom is 0.195 e. The molecule has 0 fully saturated rings. The average Bonchev–Trinajstić information content (AvgIpc) is 2.79. The van der Waals surface area contributed by atoms with Crippen molar-refractivity contribution in [2.45, 2.75) is 31.7 Å². The average molecular weight is 295 g/mol. The third-order valence-corrected chi connectivity index (χ3v) is 4.64. The molecule has 0 spiro atoms. The van der Waals surface area contributed by atoms with E-state index in [4.69, 9.17) is 4.74 Å². The summed E-state index contributed by atoms with van der Waals surface area (Å²) in [6, 6.07) is 18.0. The molecule has 1 aliphatic rings. The van der Waals surface area contributed by atoms with Gasteiger partial charge in [-0.15, -0.1) is 0 Å². The highest BCUT2D eigenvalue weighted by Crippen LogP contribution is 2.40. The zero-order valence-corrected chi connectivity index (χ0v) is 13.2. The molecule has 0 aromatic heterocycles. The lowest BCUT2D eigenvalue weighted by atomic mass is 9.81. The van der Waals surface area contributed by atoms with Crippen molar-refractivity contribution in [3.63, 3.8) is 0 Å². The molecule has 0 bridgehead atoms. The smallest absolute Gasteiger partial charge is 0.195 e. The molecule has 1 heterocycles. The summed E-state index contributed by atoms with van der Waals surface area (Å²) >= 11 is 0. The molecule has 3 nitrogen and oxygen atoms in total. The molecule has 2 aromatic carbocycles. The van der Waals surface area contributed by atoms with Crippen molar-refractivity contribution < 1.29 is 9.48 Å². The summed E-state index contributed by atoms with van der Waals surface area (Å²) in [5.41, 5.74) is 2.59. The first-order valence-electron chi connectivity index (χ1n) is 7.56. The van der Waals surface area contributed by atoms with Gasteiger partial charge in [0.2, 0.25) is 0 Å². The lowest BCUT2D eigenvalue weighted by molar-refractivity contribution is -0.534. The summed E-state index contributed by atoms with van der Waals surface area (Å²) in [5.74, 6) is 1.00. The van der Waals surface area contributed by atoms with Crippen LogP contribution in [0, 0.1) is 5.21 Å². The van der Waals surface area contributed by atoms with E-state index in [1.54, 1.807) is 7.11 Å². The highest BCUT2D eigenvalue weighted by Gasteiger charge is 2.47. The van der Waals surface area contributed by atoms with Crippen LogP contribution in [0.2, 0.25) is 0 Å². The summed E-state index contributed by atoms with van der Waals surface area (Å²) in [7, 11) is 1.65. The van der Waals surface area contributed by atoms with Crippen LogP contribution in [-0.2, 0) is 0 Å². The van der Waals surface area contributed by atoms with Crippen molar-refractivity contribution in [1.82, 2.24) is 0 Å². The first-order valence-corrected chi connectivity index (χ1v) is 7.56. The Bertz CT molecular complexity index is 687. The Labute approximate surface area is 131 Å². The van der Waals surface area contributed by atoms with Crippen LogP contribution in [-0.4, -0.2) is 23.1 Å². The van der Waals surface area contributed by atoms with Crippen LogP contribution < -0.4 is 4.74 Å². The molecule has 0 radical (unpaired) electrons. The van der Waals surface area contributed by atoms with Crippen molar-refractivity contribution in [2.75, 3.05) is 7.11 Å². The molecule has 0 amide bonds. The monoisotopic (exact) mass is 295 g/mol. The molecule has 1 aliphatic heterocycles. The third kappa shape index (κ3) is 2.37. The van der Waals surface area contributed by atoms with Crippen LogP contribution in [0.15, 0.2) is 54.6 Å². The fourth-order valence-electron chi connectivity index (χ4n) is 3.24. The largest absolute Gasteiger partial charge is 0.623 e. The van der Waals surface area contributed by atoms with Gasteiger partial charge in [0.1, 0.15) is 5.75 Å². The Hall–Kier alpha value is -2.29. The van der Waals surface area contributed by atoms with Crippen LogP contribution in [0.4, 0.5) is 0 Å². The first kappa shape index (κ1) is 14.6. The van der Waals surface area contributed by atoms with Gasteiger partial charge in [-0.2, -0.15) is 0 Å². The molecule has 3 rings (SSSR count). The summed E-state index contributed by atoms with van der Waals surface area (Å²) < 4.78 is 6.38. The Kier molecular flexibility index (Phi) is 3.65. The molecular formula is C19H21NO2. The maximum absolute atomic E-state index is 12.8. The van der Waals surface area contributed by atoms with Gasteiger partial charge in [0.25, 0.3) is 0 Å². The van der Waals surface area contributed by atoms with E-state index in [1.807, 2.05) is 56.3 Å². The SMILES string of the molecule is COc1ccc(C2=[N+]([O-])C(C)(C)[C@@H](c3ccccc3)C2)cc1. The van der Waals surface area contributed by atoms with Crippen LogP contribution in [0.3, 0.4) is 0 Å². The predicted octanol–water partition coefficient (Wildman–Crippen LogP) is 3.96. The van der Waals surface area contributed by atoms with E-state index in [0.29, 0.717) is 0 Å². The predicted molar refractivity (Wildman–Crippen MR) is 88.6 cm³/mol. The molecule has 0 aliphatic carbocycles. The summed E-state index contributed by atoms with van der Waals surface area (Å²) in [4.78, 5) is 0. The highest BCUT2D eigenvalue weighted by molar-refractivity contribution is 5.98. The molecule has 1 atom stereocenters. The lowest BCUT2D eigenvalue weighted by Gasteiger charge is -2.26. The van der Waals surface area contributed by atoms with Crippen molar-refractivity contribution in [3.8, 4) is 5.75 Å². The molecule has 114 valence electrons. The summed E-state index contributed by atoms with van der Waals surface area (Å²) in [6.07, 6.45) is 0.757. The second-order valence-corrected chi connectivity index (χ2v) is 6.29. The Morgan fingerprint density at radius 1 is 1.05 bits per heavy atom. The van der Waals surface area contributed by atoms with Crippen molar-refractivity contribution in [1.29, 1.82) is 0 Å². The zero-order valence-electron chi connectivity index (χ0n) is 13.2. The van der Waals surface area contributed by atoms with Gasteiger partial charge in [-0.05, 0) is 29.8 Å². The fraction of sp³-hybridized carbons (Fsp3) is 0.316. The van der Waals surface area contributed by atoms with Crippen LogP contribution in [0.25, 0.3) is 0 Å². The Balaban J connectivity index is 1.97. The van der Waals surface area contributed by atoms with Crippen molar-refractivity contribution >= 4 is 5.71 Å². The van der Waals surface area contributed by atoms with E-state index in [2.05, 4.69) is 12.1 Å². The number of ether oxygens (including phenoxy) is 1. The zero-order chi connectivity index (χ0) is 15.7. The summed E-state index contributed by atoms with van der Waals surface area (Å²) in [6.45, 7) is 4.04. The van der Waals surface area contributed by atoms with Gasteiger partial charge in [-0.25, -0.2) is 4.74 Å². The quantitative estimate of drug-likeness (QED) is 0.634. The molecule has 0 N–H and O–H groups in total. The standard InChI is InChI=1S/C19H21NO2/c1-19(2)17(14-7-5-4-6-8-14)13-18(20(19)21)15-9-11-16(22-3)12-10-15/h4-12,17H,13H2,1-3H3/t17-/m1/s1. The van der Waals surface area contributed by atoms with E-state index in [-0.39, 0.29) is 5.92 Å². The number of hydrogen-bond donors (Lipinski definition) is 0. The fourth-order valence-corrected chi connectivity index (χ4v) is 3.24. The van der Waals surface area contributed by atoms with Gasteiger partial charge >= 0.3 is 0 Å². The number of hydrogen-bond acceptors (Lipinski definition) is 2. The molecule has 0 unspecified atom stereocenters. The third-order valence-electron chi connectivity index (χ3n) is 4.64. The van der Waals surface area contributed by atoms with Crippen molar-refractivity contribution in [2.24, 2.45) is 0 Å². The van der Waals surface area contributed by atoms with Gasteiger partial charge in [-0.3, -0.25) is 0 Å². The van der Waals surface area contributed by atoms with Gasteiger partial charge in [0.05, 0.1) is 13.0 Å². The second-order valence-electron chi connectivity index (χ2n) is 6.29. The Morgan fingerprint density at radius 3 is 2.27 bits per heavy atom. The lowest BCUT2D eigenvalue weighted by Crippen LogP contribution is -2.34. The number of rotatable bonds is 3. The number of hydroxylamine groups is 1. The Morgan fingerprint density at radius 2 is 1.68 bits per heavy atom. The van der Waals surface area contributed by atoms with Gasteiger partial charge in [-0.1, -0.05) is 30.3 Å². The van der Waals surface area contributed by atoms with Gasteiger partial charge in [0.15, 0.2) is 11.3 Å². The van der Waals surface area contributed by atoms with Crippen LogP contribution in [0.1, 0.15) is 37.3 Å². The molecule has 22 heavy (non-hydrogen) atoms. The highest BCUT2D eigenvalue weighted by atomic mass is 16.5. The minimum Gasteiger partial charge on any atom is -0.623 e. The number of nitrogens with zero attached hydrogens (tertiary/aromatic N) is 1. The molecular weight excluding hydrogens is 274 g/mol. The topological polar surface area (TPSA) is 35.3 Å².